The number of β-amino-alcohol motifs (C(OH)–C–C–N with tert-alkyl or cyclic N) is 1. The topological polar surface area (TPSA) is 116 Å². The number of nitrogens with zero attached hydrogens (tertiary/aromatic N) is 1. The Balaban J connectivity index is 2.38. The average Bonchev–Trinajstić information content (AvgIpc) is 2.47. The standard InChI is InChI=1S/C14H24N2O6/c1-9(17)16-7-10(14(21)11(18)8-16)15-12(19)5-3-4-6-13(20)22-2/h10-11,14,18,21H,3-8H2,1-2H3,(H,15,19)/t10-,11-,14+/m0/s1. The van der Waals surface area contributed by atoms with Crippen molar-refractivity contribution in [3.05, 3.63) is 0 Å². The number of unbranched alkanes of at least 4 members (excludes halogenated alkanes) is 1. The highest BCUT2D eigenvalue weighted by Crippen LogP contribution is 2.13. The van der Waals surface area contributed by atoms with Gasteiger partial charge in [-0.2, -0.15) is 0 Å². The summed E-state index contributed by atoms with van der Waals surface area (Å²) in [5.74, 6) is -0.821. The van der Waals surface area contributed by atoms with Gasteiger partial charge in [-0.15, -0.1) is 0 Å². The number of hydrogen-bond acceptors (Lipinski definition) is 6. The quantitative estimate of drug-likeness (QED) is 0.418. The minimum atomic E-state index is -1.10. The third kappa shape index (κ3) is 5.61. The summed E-state index contributed by atoms with van der Waals surface area (Å²) in [6.45, 7) is 1.60. The lowest BCUT2D eigenvalue weighted by atomic mass is 9.99. The van der Waals surface area contributed by atoms with Crippen molar-refractivity contribution in [3.8, 4) is 0 Å². The smallest absolute Gasteiger partial charge is 0.305 e. The predicted molar refractivity (Wildman–Crippen MR) is 76.7 cm³/mol. The van der Waals surface area contributed by atoms with Crippen LogP contribution in [0.5, 0.6) is 0 Å². The summed E-state index contributed by atoms with van der Waals surface area (Å²) >= 11 is 0. The maximum absolute atomic E-state index is 11.8. The van der Waals surface area contributed by atoms with Crippen molar-refractivity contribution in [3.63, 3.8) is 0 Å². The minimum Gasteiger partial charge on any atom is -0.469 e. The third-order valence-corrected chi connectivity index (χ3v) is 3.69. The zero-order valence-electron chi connectivity index (χ0n) is 12.9. The Bertz CT molecular complexity index is 414. The van der Waals surface area contributed by atoms with Gasteiger partial charge in [0.1, 0.15) is 6.10 Å². The van der Waals surface area contributed by atoms with Gasteiger partial charge in [0.15, 0.2) is 0 Å². The van der Waals surface area contributed by atoms with E-state index in [1.807, 2.05) is 0 Å². The highest BCUT2D eigenvalue weighted by Gasteiger charge is 2.36. The molecule has 8 heteroatoms. The molecule has 1 heterocycles. The summed E-state index contributed by atoms with van der Waals surface area (Å²) in [6.07, 6.45) is -0.668. The zero-order chi connectivity index (χ0) is 16.7. The fourth-order valence-corrected chi connectivity index (χ4v) is 2.35. The molecule has 1 fully saturated rings. The molecular weight excluding hydrogens is 292 g/mol. The Labute approximate surface area is 129 Å². The number of hydrogen-bond donors (Lipinski definition) is 3. The Morgan fingerprint density at radius 1 is 1.18 bits per heavy atom. The van der Waals surface area contributed by atoms with E-state index in [1.165, 1.54) is 18.9 Å². The van der Waals surface area contributed by atoms with Crippen molar-refractivity contribution < 1.29 is 29.3 Å². The summed E-state index contributed by atoms with van der Waals surface area (Å²) in [6, 6.07) is -0.694. The number of aliphatic hydroxyl groups excluding tert-OH is 2. The van der Waals surface area contributed by atoms with E-state index < -0.39 is 18.2 Å². The van der Waals surface area contributed by atoms with Crippen LogP contribution in [-0.4, -0.2) is 71.3 Å². The molecule has 1 saturated heterocycles. The Morgan fingerprint density at radius 2 is 1.82 bits per heavy atom. The summed E-state index contributed by atoms with van der Waals surface area (Å²) in [5.41, 5.74) is 0. The van der Waals surface area contributed by atoms with E-state index in [9.17, 15) is 24.6 Å². The molecule has 0 bridgehead atoms. The maximum Gasteiger partial charge on any atom is 0.305 e. The molecule has 0 aromatic carbocycles. The van der Waals surface area contributed by atoms with Crippen LogP contribution < -0.4 is 5.32 Å². The van der Waals surface area contributed by atoms with Gasteiger partial charge in [0.2, 0.25) is 11.8 Å². The molecule has 0 unspecified atom stereocenters. The fraction of sp³-hybridized carbons (Fsp3) is 0.786. The van der Waals surface area contributed by atoms with Crippen LogP contribution in [0.15, 0.2) is 0 Å². The summed E-state index contributed by atoms with van der Waals surface area (Å²) in [4.78, 5) is 35.5. The highest BCUT2D eigenvalue weighted by molar-refractivity contribution is 5.77. The van der Waals surface area contributed by atoms with Crippen LogP contribution >= 0.6 is 0 Å². The summed E-state index contributed by atoms with van der Waals surface area (Å²) in [7, 11) is 1.31. The SMILES string of the molecule is COC(=O)CCCCC(=O)N[C@H]1CN(C(C)=O)C[C@H](O)[C@@H]1O. The normalized spacial score (nSPS) is 24.7. The van der Waals surface area contributed by atoms with Crippen LogP contribution in [0.4, 0.5) is 0 Å². The monoisotopic (exact) mass is 316 g/mol. The molecule has 0 aromatic heterocycles. The van der Waals surface area contributed by atoms with Crippen molar-refractivity contribution in [1.29, 1.82) is 0 Å². The first-order chi connectivity index (χ1) is 10.3. The Kier molecular flexibility index (Phi) is 7.26. The average molecular weight is 316 g/mol. The number of methoxy groups -OCH3 is 1. The van der Waals surface area contributed by atoms with Crippen molar-refractivity contribution in [2.75, 3.05) is 20.2 Å². The van der Waals surface area contributed by atoms with Gasteiger partial charge >= 0.3 is 5.97 Å². The van der Waals surface area contributed by atoms with Gasteiger partial charge < -0.3 is 25.2 Å². The second-order valence-electron chi connectivity index (χ2n) is 5.44. The van der Waals surface area contributed by atoms with E-state index in [-0.39, 0.29) is 43.7 Å². The molecule has 1 aliphatic rings. The van der Waals surface area contributed by atoms with Gasteiger partial charge in [0.25, 0.3) is 0 Å². The molecule has 126 valence electrons. The first-order valence-electron chi connectivity index (χ1n) is 7.33. The largest absolute Gasteiger partial charge is 0.469 e. The lowest BCUT2D eigenvalue weighted by Crippen LogP contribution is -2.62. The van der Waals surface area contributed by atoms with Gasteiger partial charge in [0.05, 0.1) is 19.3 Å². The molecule has 8 nitrogen and oxygen atoms in total. The minimum absolute atomic E-state index is 0.0575. The van der Waals surface area contributed by atoms with E-state index in [0.29, 0.717) is 12.8 Å². The zero-order valence-corrected chi connectivity index (χ0v) is 12.9. The molecular formula is C14H24N2O6. The van der Waals surface area contributed by atoms with Crippen LogP contribution in [0.3, 0.4) is 0 Å². The van der Waals surface area contributed by atoms with Crippen molar-refractivity contribution in [2.24, 2.45) is 0 Å². The fourth-order valence-electron chi connectivity index (χ4n) is 2.35. The summed E-state index contributed by atoms with van der Waals surface area (Å²) < 4.78 is 4.50. The first kappa shape index (κ1) is 18.4. The number of nitrogens with one attached hydrogen (secondary N) is 1. The molecule has 1 rings (SSSR count). The van der Waals surface area contributed by atoms with Crippen molar-refractivity contribution in [1.82, 2.24) is 10.2 Å². The second-order valence-corrected chi connectivity index (χ2v) is 5.44. The van der Waals surface area contributed by atoms with Gasteiger partial charge in [-0.3, -0.25) is 14.4 Å². The molecule has 3 atom stereocenters. The molecule has 2 amide bonds. The number of ether oxygens (including phenoxy) is 1. The lowest BCUT2D eigenvalue weighted by Gasteiger charge is -2.39. The number of esters is 1. The second kappa shape index (κ2) is 8.70. The predicted octanol–water partition coefficient (Wildman–Crippen LogP) is -1.21. The van der Waals surface area contributed by atoms with Crippen LogP contribution in [0.25, 0.3) is 0 Å². The van der Waals surface area contributed by atoms with E-state index >= 15 is 0 Å². The van der Waals surface area contributed by atoms with Crippen LogP contribution in [-0.2, 0) is 19.1 Å². The number of carbonyl (C=O) groups is 3. The number of piperidine rings is 1. The first-order valence-corrected chi connectivity index (χ1v) is 7.33. The number of rotatable bonds is 6. The molecule has 0 aliphatic carbocycles. The van der Waals surface area contributed by atoms with Gasteiger partial charge in [0, 0.05) is 32.9 Å². The molecule has 0 spiro atoms. The van der Waals surface area contributed by atoms with Crippen molar-refractivity contribution in [2.45, 2.75) is 50.9 Å². The number of aliphatic hydroxyl groups is 2. The van der Waals surface area contributed by atoms with E-state index in [2.05, 4.69) is 10.1 Å². The van der Waals surface area contributed by atoms with Gasteiger partial charge in [-0.05, 0) is 12.8 Å². The highest BCUT2D eigenvalue weighted by atomic mass is 16.5. The van der Waals surface area contributed by atoms with E-state index in [4.69, 9.17) is 0 Å². The number of likely N-dealkylation sites (tertiary alicyclic amines) is 1. The van der Waals surface area contributed by atoms with Gasteiger partial charge in [-0.25, -0.2) is 0 Å². The molecule has 3 N–H and O–H groups in total. The Hall–Kier alpha value is -1.67. The number of carbonyl (C=O) groups excluding carboxylic acids is 3. The molecule has 1 aliphatic heterocycles. The van der Waals surface area contributed by atoms with Crippen LogP contribution in [0.2, 0.25) is 0 Å². The summed E-state index contributed by atoms with van der Waals surface area (Å²) in [5, 5.41) is 22.3. The third-order valence-electron chi connectivity index (χ3n) is 3.69. The van der Waals surface area contributed by atoms with E-state index in [0.717, 1.165) is 0 Å². The van der Waals surface area contributed by atoms with Crippen LogP contribution in [0, 0.1) is 0 Å². The lowest BCUT2D eigenvalue weighted by molar-refractivity contribution is -0.140. The molecule has 0 aromatic rings. The molecule has 0 saturated carbocycles. The van der Waals surface area contributed by atoms with Crippen molar-refractivity contribution >= 4 is 17.8 Å². The van der Waals surface area contributed by atoms with Gasteiger partial charge in [-0.1, -0.05) is 0 Å². The van der Waals surface area contributed by atoms with E-state index in [1.54, 1.807) is 0 Å². The molecule has 0 radical (unpaired) electrons. The maximum atomic E-state index is 11.8. The number of amides is 2. The Morgan fingerprint density at radius 3 is 2.41 bits per heavy atom. The van der Waals surface area contributed by atoms with Crippen LogP contribution in [0.1, 0.15) is 32.6 Å². The molecule has 22 heavy (non-hydrogen) atoms.